The maximum absolute atomic E-state index is 5.52. The molecule has 3 aliphatic rings. The Morgan fingerprint density at radius 3 is 2.35 bits per heavy atom. The van der Waals surface area contributed by atoms with Crippen LogP contribution >= 0.6 is 0 Å². The molecule has 2 aliphatic heterocycles. The summed E-state index contributed by atoms with van der Waals surface area (Å²) >= 11 is 0. The smallest absolute Gasteiger partial charge is 0.0494 e. The lowest BCUT2D eigenvalue weighted by molar-refractivity contribution is 0.0210. The molecule has 3 rings (SSSR count). The highest BCUT2D eigenvalue weighted by atomic mass is 16.5. The zero-order valence-corrected chi connectivity index (χ0v) is 11.2. The maximum Gasteiger partial charge on any atom is 0.0494 e. The fourth-order valence-electron chi connectivity index (χ4n) is 4.26. The molecule has 2 unspecified atom stereocenters. The van der Waals surface area contributed by atoms with Crippen LogP contribution in [-0.4, -0.2) is 36.7 Å². The molecular formula is C15H27NO. The number of hydrogen-bond donors (Lipinski definition) is 0. The number of ether oxygens (including phenoxy) is 1. The molecule has 2 heterocycles. The van der Waals surface area contributed by atoms with Gasteiger partial charge in [0.05, 0.1) is 0 Å². The van der Waals surface area contributed by atoms with E-state index in [0.717, 1.165) is 37.1 Å². The molecule has 0 amide bonds. The highest BCUT2D eigenvalue weighted by Crippen LogP contribution is 2.40. The number of hydrogen-bond acceptors (Lipinski definition) is 2. The van der Waals surface area contributed by atoms with Gasteiger partial charge in [-0.15, -0.1) is 0 Å². The summed E-state index contributed by atoms with van der Waals surface area (Å²) in [5.74, 6) is 1.86. The number of nitrogens with zero attached hydrogens (tertiary/aromatic N) is 1. The lowest BCUT2D eigenvalue weighted by Crippen LogP contribution is -2.45. The molecule has 0 spiro atoms. The van der Waals surface area contributed by atoms with Gasteiger partial charge in [-0.25, -0.2) is 0 Å². The summed E-state index contributed by atoms with van der Waals surface area (Å²) < 4.78 is 5.52. The summed E-state index contributed by atoms with van der Waals surface area (Å²) in [5.41, 5.74) is 0. The van der Waals surface area contributed by atoms with Crippen molar-refractivity contribution in [3.8, 4) is 0 Å². The summed E-state index contributed by atoms with van der Waals surface area (Å²) in [6.07, 6.45) is 10.3. The third-order valence-electron chi connectivity index (χ3n) is 5.21. The number of rotatable bonds is 5. The zero-order valence-electron chi connectivity index (χ0n) is 11.2. The van der Waals surface area contributed by atoms with E-state index < -0.39 is 0 Å². The van der Waals surface area contributed by atoms with Crippen LogP contribution in [0.25, 0.3) is 0 Å². The van der Waals surface area contributed by atoms with Crippen LogP contribution in [0.1, 0.15) is 51.9 Å². The Kier molecular flexibility index (Phi) is 3.72. The molecule has 0 aromatic rings. The van der Waals surface area contributed by atoms with Gasteiger partial charge in [-0.1, -0.05) is 6.42 Å². The van der Waals surface area contributed by atoms with Crippen molar-refractivity contribution < 1.29 is 4.74 Å². The molecule has 2 saturated heterocycles. The molecule has 98 valence electrons. The molecule has 0 N–H and O–H groups in total. The fourth-order valence-corrected chi connectivity index (χ4v) is 4.26. The first-order chi connectivity index (χ1) is 8.36. The zero-order chi connectivity index (χ0) is 11.7. The molecule has 3 fully saturated rings. The maximum atomic E-state index is 5.52. The molecular weight excluding hydrogens is 210 g/mol. The van der Waals surface area contributed by atoms with E-state index in [1.54, 1.807) is 0 Å². The quantitative estimate of drug-likeness (QED) is 0.728. The van der Waals surface area contributed by atoms with Crippen molar-refractivity contribution >= 4 is 0 Å². The van der Waals surface area contributed by atoms with Crippen molar-refractivity contribution in [2.45, 2.75) is 64.0 Å². The molecule has 2 heteroatoms. The molecule has 17 heavy (non-hydrogen) atoms. The molecule has 2 atom stereocenters. The van der Waals surface area contributed by atoms with E-state index in [1.165, 1.54) is 51.5 Å². The first-order valence-electron chi connectivity index (χ1n) is 7.70. The third kappa shape index (κ3) is 2.53. The first kappa shape index (κ1) is 12.0. The van der Waals surface area contributed by atoms with Crippen LogP contribution in [0.3, 0.4) is 0 Å². The summed E-state index contributed by atoms with van der Waals surface area (Å²) in [5, 5.41) is 0. The van der Waals surface area contributed by atoms with Gasteiger partial charge in [0.25, 0.3) is 0 Å². The van der Waals surface area contributed by atoms with E-state index in [9.17, 15) is 0 Å². The van der Waals surface area contributed by atoms with Crippen LogP contribution in [0.5, 0.6) is 0 Å². The average molecular weight is 237 g/mol. The summed E-state index contributed by atoms with van der Waals surface area (Å²) in [6, 6.07) is 1.92. The molecule has 1 saturated carbocycles. The molecule has 0 aromatic carbocycles. The van der Waals surface area contributed by atoms with E-state index in [-0.39, 0.29) is 0 Å². The normalized spacial score (nSPS) is 41.5. The van der Waals surface area contributed by atoms with Crippen molar-refractivity contribution in [2.75, 3.05) is 19.8 Å². The highest BCUT2D eigenvalue weighted by molar-refractivity contribution is 4.94. The second kappa shape index (κ2) is 5.27. The Morgan fingerprint density at radius 1 is 1.00 bits per heavy atom. The van der Waals surface area contributed by atoms with E-state index in [4.69, 9.17) is 4.74 Å². The van der Waals surface area contributed by atoms with Crippen molar-refractivity contribution in [3.05, 3.63) is 0 Å². The second-order valence-electron chi connectivity index (χ2n) is 6.38. The minimum absolute atomic E-state index is 0.877. The van der Waals surface area contributed by atoms with Crippen LogP contribution in [-0.2, 0) is 4.74 Å². The van der Waals surface area contributed by atoms with Gasteiger partial charge in [0.2, 0.25) is 0 Å². The number of fused-ring (bicyclic) bond motifs is 2. The van der Waals surface area contributed by atoms with Crippen LogP contribution in [0.2, 0.25) is 0 Å². The van der Waals surface area contributed by atoms with Gasteiger partial charge in [-0.2, -0.15) is 0 Å². The highest BCUT2D eigenvalue weighted by Gasteiger charge is 2.39. The number of piperidine rings is 1. The average Bonchev–Trinajstić information content (AvgIpc) is 2.51. The van der Waals surface area contributed by atoms with Crippen LogP contribution in [0, 0.1) is 11.8 Å². The monoisotopic (exact) mass is 237 g/mol. The lowest BCUT2D eigenvalue weighted by atomic mass is 9.74. The van der Waals surface area contributed by atoms with Crippen molar-refractivity contribution in [1.82, 2.24) is 4.90 Å². The SMILES string of the molecule is CCOCC1CC(CN2C3CCCC2CC3)C1. The van der Waals surface area contributed by atoms with Gasteiger partial charge in [-0.3, -0.25) is 4.90 Å². The van der Waals surface area contributed by atoms with Crippen LogP contribution < -0.4 is 0 Å². The minimum Gasteiger partial charge on any atom is -0.381 e. The van der Waals surface area contributed by atoms with Gasteiger partial charge in [-0.05, 0) is 57.3 Å². The topological polar surface area (TPSA) is 12.5 Å². The standard InChI is InChI=1S/C15H27NO/c1-2-17-11-13-8-12(9-13)10-16-14-4-3-5-15(16)7-6-14/h12-15H,2-11H2,1H3. The van der Waals surface area contributed by atoms with Gasteiger partial charge in [0.15, 0.2) is 0 Å². The van der Waals surface area contributed by atoms with E-state index in [0.29, 0.717) is 0 Å². The first-order valence-corrected chi connectivity index (χ1v) is 7.70. The van der Waals surface area contributed by atoms with E-state index >= 15 is 0 Å². The van der Waals surface area contributed by atoms with Crippen molar-refractivity contribution in [2.24, 2.45) is 11.8 Å². The summed E-state index contributed by atoms with van der Waals surface area (Å²) in [7, 11) is 0. The largest absolute Gasteiger partial charge is 0.381 e. The Hall–Kier alpha value is -0.0800. The molecule has 0 aromatic heterocycles. The molecule has 2 nitrogen and oxygen atoms in total. The van der Waals surface area contributed by atoms with Gasteiger partial charge >= 0.3 is 0 Å². The Balaban J connectivity index is 1.41. The van der Waals surface area contributed by atoms with Crippen LogP contribution in [0.4, 0.5) is 0 Å². The molecule has 2 bridgehead atoms. The van der Waals surface area contributed by atoms with Gasteiger partial charge in [0.1, 0.15) is 0 Å². The fraction of sp³-hybridized carbons (Fsp3) is 1.00. The Bertz CT molecular complexity index is 233. The van der Waals surface area contributed by atoms with E-state index in [1.807, 2.05) is 0 Å². The predicted octanol–water partition coefficient (Wildman–Crippen LogP) is 3.07. The third-order valence-corrected chi connectivity index (χ3v) is 5.21. The molecule has 1 aliphatic carbocycles. The minimum atomic E-state index is 0.877. The summed E-state index contributed by atoms with van der Waals surface area (Å²) in [6.45, 7) is 5.40. The lowest BCUT2D eigenvalue weighted by Gasteiger charge is -2.42. The van der Waals surface area contributed by atoms with Gasteiger partial charge < -0.3 is 4.74 Å². The molecule has 0 radical (unpaired) electrons. The Morgan fingerprint density at radius 2 is 1.71 bits per heavy atom. The van der Waals surface area contributed by atoms with Crippen LogP contribution in [0.15, 0.2) is 0 Å². The second-order valence-corrected chi connectivity index (χ2v) is 6.38. The van der Waals surface area contributed by atoms with Gasteiger partial charge in [0, 0.05) is 31.8 Å². The predicted molar refractivity (Wildman–Crippen MR) is 70.1 cm³/mol. The van der Waals surface area contributed by atoms with E-state index in [2.05, 4.69) is 11.8 Å². The Labute approximate surface area is 106 Å². The van der Waals surface area contributed by atoms with Crippen molar-refractivity contribution in [1.29, 1.82) is 0 Å². The van der Waals surface area contributed by atoms with Crippen molar-refractivity contribution in [3.63, 3.8) is 0 Å². The summed E-state index contributed by atoms with van der Waals surface area (Å²) in [4.78, 5) is 2.87.